The van der Waals surface area contributed by atoms with Crippen molar-refractivity contribution in [2.45, 2.75) is 4.90 Å². The number of benzene rings is 2. The Morgan fingerprint density at radius 2 is 1.67 bits per heavy atom. The van der Waals surface area contributed by atoms with E-state index in [1.807, 2.05) is 0 Å². The average Bonchev–Trinajstić information content (AvgIpc) is 2.33. The summed E-state index contributed by atoms with van der Waals surface area (Å²) < 4.78 is 38.0. The quantitative estimate of drug-likeness (QED) is 0.484. The molecular weight excluding hydrogens is 348 g/mol. The Hall–Kier alpha value is -0.470. The van der Waals surface area contributed by atoms with Gasteiger partial charge in [-0.05, 0) is 36.4 Å². The number of nitrogens with two attached hydrogens (primary N) is 1. The Morgan fingerprint density at radius 3 is 2.19 bits per heavy atom. The first-order valence-corrected chi connectivity index (χ1v) is 7.42. The van der Waals surface area contributed by atoms with Gasteiger partial charge in [0, 0.05) is 5.02 Å². The fraction of sp³-hybridized carbons (Fsp3) is 0. The Labute approximate surface area is 154 Å². The molecule has 21 heavy (non-hydrogen) atoms. The van der Waals surface area contributed by atoms with Crippen LogP contribution >= 0.6 is 23.2 Å². The number of halogens is 2. The van der Waals surface area contributed by atoms with E-state index >= 15 is 0 Å². The fourth-order valence-electron chi connectivity index (χ4n) is 1.45. The molecule has 2 rings (SSSR count). The topological polar surface area (TPSA) is 92.5 Å². The normalized spacial score (nSPS) is 10.8. The van der Waals surface area contributed by atoms with Crippen molar-refractivity contribution in [3.8, 4) is 11.5 Å². The first kappa shape index (κ1) is 18.6. The third-order valence-electron chi connectivity index (χ3n) is 2.38. The van der Waals surface area contributed by atoms with Gasteiger partial charge < -0.3 is 15.0 Å². The summed E-state index contributed by atoms with van der Waals surface area (Å²) in [7, 11) is -4.56. The summed E-state index contributed by atoms with van der Waals surface area (Å²) in [6.07, 6.45) is 0. The van der Waals surface area contributed by atoms with Gasteiger partial charge in [-0.15, -0.1) is 0 Å². The van der Waals surface area contributed by atoms with Crippen molar-refractivity contribution in [1.82, 2.24) is 0 Å². The van der Waals surface area contributed by atoms with E-state index in [9.17, 15) is 13.0 Å². The zero-order valence-corrected chi connectivity index (χ0v) is 15.2. The number of ether oxygens (including phenoxy) is 1. The zero-order valence-electron chi connectivity index (χ0n) is 10.8. The van der Waals surface area contributed by atoms with Gasteiger partial charge in [-0.1, -0.05) is 23.2 Å². The summed E-state index contributed by atoms with van der Waals surface area (Å²) >= 11 is 11.6. The van der Waals surface area contributed by atoms with Crippen LogP contribution < -0.4 is 40.0 Å². The van der Waals surface area contributed by atoms with E-state index in [0.29, 0.717) is 16.5 Å². The van der Waals surface area contributed by atoms with Gasteiger partial charge in [0.05, 0.1) is 15.6 Å². The van der Waals surface area contributed by atoms with Crippen LogP contribution in [0.15, 0.2) is 41.3 Å². The molecule has 106 valence electrons. The SMILES string of the molecule is Nc1cc(Cl)ccc1Oc1ccc(S(=O)(=O)[O-])cc1Cl.[Na+]. The molecule has 0 spiro atoms. The summed E-state index contributed by atoms with van der Waals surface area (Å²) in [5, 5.41) is 0.435. The first-order chi connectivity index (χ1) is 9.27. The monoisotopic (exact) mass is 355 g/mol. The summed E-state index contributed by atoms with van der Waals surface area (Å²) in [5.74, 6) is 0.488. The molecule has 2 N–H and O–H groups in total. The van der Waals surface area contributed by atoms with E-state index in [2.05, 4.69) is 0 Å². The Morgan fingerprint density at radius 1 is 1.05 bits per heavy atom. The van der Waals surface area contributed by atoms with Gasteiger partial charge in [0.25, 0.3) is 0 Å². The Balaban J connectivity index is 0.00000220. The second-order valence-corrected chi connectivity index (χ2v) is 6.05. The van der Waals surface area contributed by atoms with Gasteiger partial charge in [0.2, 0.25) is 0 Å². The summed E-state index contributed by atoms with van der Waals surface area (Å²) in [6.45, 7) is 0. The molecule has 0 bridgehead atoms. The third-order valence-corrected chi connectivity index (χ3v) is 3.75. The number of anilines is 1. The van der Waals surface area contributed by atoms with Crippen molar-refractivity contribution in [2.24, 2.45) is 0 Å². The minimum Gasteiger partial charge on any atom is -0.744 e. The number of nitrogen functional groups attached to an aromatic ring is 1. The van der Waals surface area contributed by atoms with Crippen LogP contribution in [-0.2, 0) is 10.1 Å². The van der Waals surface area contributed by atoms with Gasteiger partial charge in [-0.3, -0.25) is 0 Å². The maximum absolute atomic E-state index is 10.9. The van der Waals surface area contributed by atoms with Crippen LogP contribution in [0.4, 0.5) is 5.69 Å². The van der Waals surface area contributed by atoms with E-state index in [1.165, 1.54) is 12.1 Å². The maximum atomic E-state index is 10.9. The van der Waals surface area contributed by atoms with Gasteiger partial charge in [0.15, 0.2) is 0 Å². The van der Waals surface area contributed by atoms with Crippen LogP contribution in [0.5, 0.6) is 11.5 Å². The van der Waals surface area contributed by atoms with E-state index in [4.69, 9.17) is 33.7 Å². The van der Waals surface area contributed by atoms with E-state index in [0.717, 1.165) is 12.1 Å². The molecule has 0 heterocycles. The molecule has 9 heteroatoms. The summed E-state index contributed by atoms with van der Waals surface area (Å²) in [5.41, 5.74) is 6.02. The third kappa shape index (κ3) is 4.75. The molecule has 0 aliphatic rings. The van der Waals surface area contributed by atoms with Crippen molar-refractivity contribution in [2.75, 3.05) is 5.73 Å². The van der Waals surface area contributed by atoms with Crippen molar-refractivity contribution < 1.29 is 47.3 Å². The van der Waals surface area contributed by atoms with Gasteiger partial charge in [-0.25, -0.2) is 8.42 Å². The maximum Gasteiger partial charge on any atom is 1.00 e. The van der Waals surface area contributed by atoms with Crippen LogP contribution in [0.2, 0.25) is 10.0 Å². The second kappa shape index (κ2) is 7.19. The molecule has 0 aromatic heterocycles. The zero-order chi connectivity index (χ0) is 14.9. The number of hydrogen-bond acceptors (Lipinski definition) is 5. The van der Waals surface area contributed by atoms with Crippen LogP contribution in [0, 0.1) is 0 Å². The smallest absolute Gasteiger partial charge is 0.744 e. The predicted molar refractivity (Wildman–Crippen MR) is 75.4 cm³/mol. The molecule has 0 saturated carbocycles. The molecular formula is C12H8Cl2NNaO4S. The van der Waals surface area contributed by atoms with Crippen LogP contribution in [0.1, 0.15) is 0 Å². The fourth-order valence-corrected chi connectivity index (χ4v) is 2.41. The van der Waals surface area contributed by atoms with E-state index in [-0.39, 0.29) is 40.3 Å². The van der Waals surface area contributed by atoms with Crippen molar-refractivity contribution in [3.05, 3.63) is 46.4 Å². The van der Waals surface area contributed by atoms with Gasteiger partial charge in [-0.2, -0.15) is 0 Å². The Bertz CT molecular complexity index is 768. The van der Waals surface area contributed by atoms with Crippen LogP contribution in [0.3, 0.4) is 0 Å². The molecule has 0 aliphatic heterocycles. The average molecular weight is 356 g/mol. The molecule has 2 aromatic carbocycles. The molecule has 0 atom stereocenters. The molecule has 0 radical (unpaired) electrons. The van der Waals surface area contributed by atoms with Gasteiger partial charge in [0.1, 0.15) is 21.6 Å². The summed E-state index contributed by atoms with van der Waals surface area (Å²) in [6, 6.07) is 8.04. The van der Waals surface area contributed by atoms with Crippen molar-refractivity contribution in [1.29, 1.82) is 0 Å². The molecule has 0 fully saturated rings. The molecule has 0 aliphatic carbocycles. The number of hydrogen-bond donors (Lipinski definition) is 1. The molecule has 2 aromatic rings. The minimum atomic E-state index is -4.56. The predicted octanol–water partition coefficient (Wildman–Crippen LogP) is 0.276. The van der Waals surface area contributed by atoms with Crippen molar-refractivity contribution in [3.63, 3.8) is 0 Å². The van der Waals surface area contributed by atoms with E-state index in [1.54, 1.807) is 12.1 Å². The Kier molecular flexibility index (Phi) is 6.36. The minimum absolute atomic E-state index is 0. The standard InChI is InChI=1S/C12H9Cl2NO4S.Na/c13-7-1-3-12(10(15)5-7)19-11-4-2-8(6-9(11)14)20(16,17)18;/h1-6H,15H2,(H,16,17,18);/q;+1/p-1. The molecule has 0 amide bonds. The van der Waals surface area contributed by atoms with Crippen LogP contribution in [0.25, 0.3) is 0 Å². The van der Waals surface area contributed by atoms with E-state index < -0.39 is 15.0 Å². The number of rotatable bonds is 3. The van der Waals surface area contributed by atoms with Crippen molar-refractivity contribution >= 4 is 39.0 Å². The summed E-state index contributed by atoms with van der Waals surface area (Å²) in [4.78, 5) is -0.432. The largest absolute Gasteiger partial charge is 1.00 e. The van der Waals surface area contributed by atoms with Gasteiger partial charge >= 0.3 is 29.6 Å². The molecule has 5 nitrogen and oxygen atoms in total. The second-order valence-electron chi connectivity index (χ2n) is 3.83. The molecule has 0 saturated heterocycles. The first-order valence-electron chi connectivity index (χ1n) is 5.26. The molecule has 0 unspecified atom stereocenters. The van der Waals surface area contributed by atoms with Crippen LogP contribution in [-0.4, -0.2) is 13.0 Å².